The van der Waals surface area contributed by atoms with Gasteiger partial charge in [0.15, 0.2) is 5.57 Å². The fourth-order valence-electron chi connectivity index (χ4n) is 3.01. The summed E-state index contributed by atoms with van der Waals surface area (Å²) in [6.07, 6.45) is 3.82. The molecule has 3 rings (SSSR count). The lowest BCUT2D eigenvalue weighted by atomic mass is 10.3. The summed E-state index contributed by atoms with van der Waals surface area (Å²) in [5, 5.41) is 15.5. The molecule has 1 aromatic heterocycles. The number of hydrogen-bond acceptors (Lipinski definition) is 7. The minimum atomic E-state index is -0.426. The predicted octanol–water partition coefficient (Wildman–Crippen LogP) is 0.921. The number of amides is 1. The topological polar surface area (TPSA) is 99.4 Å². The van der Waals surface area contributed by atoms with Gasteiger partial charge in [-0.05, 0) is 51.9 Å². The quantitative estimate of drug-likeness (QED) is 0.553. The molecule has 1 saturated carbocycles. The first-order chi connectivity index (χ1) is 15.4. The van der Waals surface area contributed by atoms with E-state index in [2.05, 4.69) is 10.6 Å². The molecule has 2 N–H and O–H groups in total. The van der Waals surface area contributed by atoms with Gasteiger partial charge < -0.3 is 20.3 Å². The second kappa shape index (κ2) is 11.0. The molecule has 32 heavy (non-hydrogen) atoms. The summed E-state index contributed by atoms with van der Waals surface area (Å²) in [4.78, 5) is 27.4. The van der Waals surface area contributed by atoms with Crippen molar-refractivity contribution in [2.24, 2.45) is 5.92 Å². The van der Waals surface area contributed by atoms with Crippen LogP contribution in [0.25, 0.3) is 11.8 Å². The molecule has 170 valence electrons. The molecule has 1 fully saturated rings. The maximum absolute atomic E-state index is 12.9. The van der Waals surface area contributed by atoms with Crippen molar-refractivity contribution in [1.82, 2.24) is 14.8 Å². The summed E-state index contributed by atoms with van der Waals surface area (Å²) < 4.78 is 8.01. The number of nitrogens with one attached hydrogen (secondary N) is 2. The zero-order chi connectivity index (χ0) is 23.1. The number of carbonyl (C=O) groups excluding carboxylic acids is 1. The molecule has 0 unspecified atom stereocenters. The highest BCUT2D eigenvalue weighted by molar-refractivity contribution is 7.07. The Morgan fingerprint density at radius 1 is 1.41 bits per heavy atom. The molecule has 0 aliphatic heterocycles. The molecule has 0 radical (unpaired) electrons. The monoisotopic (exact) mass is 455 g/mol. The number of anilines is 1. The van der Waals surface area contributed by atoms with Gasteiger partial charge >= 0.3 is 0 Å². The lowest BCUT2D eigenvalue weighted by molar-refractivity contribution is -0.115. The SMILES string of the molecule is CCn1c(=C(C#N)C(=O)NCC2CC2)sc(=CNc2cccc(OCCN(C)C)c2)c1=O. The lowest BCUT2D eigenvalue weighted by Crippen LogP contribution is -2.35. The minimum absolute atomic E-state index is 0.0226. The Balaban J connectivity index is 1.84. The number of benzene rings is 1. The fraction of sp³-hybridized carbons (Fsp3) is 0.435. The van der Waals surface area contributed by atoms with Crippen molar-refractivity contribution in [1.29, 1.82) is 5.26 Å². The van der Waals surface area contributed by atoms with Gasteiger partial charge in [0.1, 0.15) is 27.6 Å². The zero-order valence-corrected chi connectivity index (χ0v) is 19.5. The van der Waals surface area contributed by atoms with Gasteiger partial charge in [0.25, 0.3) is 11.5 Å². The van der Waals surface area contributed by atoms with E-state index in [1.807, 2.05) is 56.3 Å². The number of nitrogens with zero attached hydrogens (tertiary/aromatic N) is 3. The fourth-order valence-corrected chi connectivity index (χ4v) is 4.09. The molecule has 0 saturated heterocycles. The van der Waals surface area contributed by atoms with Gasteiger partial charge in [-0.25, -0.2) is 0 Å². The number of aromatic nitrogens is 1. The van der Waals surface area contributed by atoms with E-state index in [9.17, 15) is 14.9 Å². The minimum Gasteiger partial charge on any atom is -0.492 e. The Kier molecular flexibility index (Phi) is 8.09. The number of likely N-dealkylation sites (N-methyl/N-ethyl adjacent to an activating group) is 1. The molecule has 1 aromatic carbocycles. The summed E-state index contributed by atoms with van der Waals surface area (Å²) in [6.45, 7) is 4.14. The highest BCUT2D eigenvalue weighted by Crippen LogP contribution is 2.27. The average molecular weight is 456 g/mol. The van der Waals surface area contributed by atoms with Crippen LogP contribution in [0.2, 0.25) is 0 Å². The van der Waals surface area contributed by atoms with Gasteiger partial charge in [-0.3, -0.25) is 14.2 Å². The van der Waals surface area contributed by atoms with Gasteiger partial charge in [-0.1, -0.05) is 6.07 Å². The van der Waals surface area contributed by atoms with Gasteiger partial charge in [0.05, 0.1) is 0 Å². The van der Waals surface area contributed by atoms with Crippen molar-refractivity contribution in [2.45, 2.75) is 26.3 Å². The Bertz CT molecular complexity index is 1170. The third-order valence-corrected chi connectivity index (χ3v) is 6.17. The molecule has 0 spiro atoms. The first-order valence-corrected chi connectivity index (χ1v) is 11.5. The first-order valence-electron chi connectivity index (χ1n) is 10.7. The van der Waals surface area contributed by atoms with Crippen molar-refractivity contribution < 1.29 is 9.53 Å². The van der Waals surface area contributed by atoms with Crippen molar-refractivity contribution >= 4 is 34.7 Å². The van der Waals surface area contributed by atoms with Crippen LogP contribution in [0.3, 0.4) is 0 Å². The van der Waals surface area contributed by atoms with Crippen molar-refractivity contribution in [3.8, 4) is 11.8 Å². The number of ether oxygens (including phenoxy) is 1. The van der Waals surface area contributed by atoms with Crippen LogP contribution < -0.4 is 30.1 Å². The van der Waals surface area contributed by atoms with Crippen LogP contribution >= 0.6 is 11.3 Å². The third-order valence-electron chi connectivity index (χ3n) is 5.04. The number of carbonyl (C=O) groups is 1. The van der Waals surface area contributed by atoms with E-state index in [1.165, 1.54) is 4.57 Å². The molecule has 0 bridgehead atoms. The molecular weight excluding hydrogens is 426 g/mol. The van der Waals surface area contributed by atoms with E-state index in [0.29, 0.717) is 34.8 Å². The molecule has 1 aliphatic carbocycles. The third kappa shape index (κ3) is 6.22. The van der Waals surface area contributed by atoms with Gasteiger partial charge in [0, 0.05) is 37.6 Å². The van der Waals surface area contributed by atoms with E-state index >= 15 is 0 Å². The highest BCUT2D eigenvalue weighted by atomic mass is 32.1. The maximum atomic E-state index is 12.9. The normalized spacial score (nSPS) is 14.8. The molecule has 1 heterocycles. The van der Waals surface area contributed by atoms with Crippen molar-refractivity contribution in [3.05, 3.63) is 43.8 Å². The molecule has 1 aliphatic rings. The first kappa shape index (κ1) is 23.6. The standard InChI is InChI=1S/C23H29N5O3S/c1-4-28-22(30)20(32-23(28)19(13-24)21(29)26-14-16-8-9-16)15-25-17-6-5-7-18(12-17)31-11-10-27(2)3/h5-7,12,15-16,25H,4,8-11,14H2,1-3H3,(H,26,29). The Labute approximate surface area is 191 Å². The summed E-state index contributed by atoms with van der Waals surface area (Å²) in [5.41, 5.74) is 0.517. The van der Waals surface area contributed by atoms with E-state index in [0.717, 1.165) is 42.2 Å². The second-order valence-electron chi connectivity index (χ2n) is 7.93. The van der Waals surface area contributed by atoms with Gasteiger partial charge in [-0.15, -0.1) is 11.3 Å². The molecule has 0 atom stereocenters. The van der Waals surface area contributed by atoms with E-state index in [1.54, 1.807) is 6.20 Å². The molecule has 9 heteroatoms. The van der Waals surface area contributed by atoms with Crippen LogP contribution in [-0.4, -0.2) is 49.2 Å². The maximum Gasteiger partial charge on any atom is 0.270 e. The van der Waals surface area contributed by atoms with Crippen LogP contribution in [0.4, 0.5) is 5.69 Å². The predicted molar refractivity (Wildman–Crippen MR) is 127 cm³/mol. The lowest BCUT2D eigenvalue weighted by Gasteiger charge is -2.11. The second-order valence-corrected chi connectivity index (χ2v) is 8.96. The van der Waals surface area contributed by atoms with Crippen LogP contribution in [0.15, 0.2) is 29.1 Å². The number of hydrogen-bond donors (Lipinski definition) is 2. The number of thiazole rings is 1. The summed E-state index contributed by atoms with van der Waals surface area (Å²) in [5.74, 6) is 0.812. The van der Waals surface area contributed by atoms with Gasteiger partial charge in [0.2, 0.25) is 0 Å². The zero-order valence-electron chi connectivity index (χ0n) is 18.7. The van der Waals surface area contributed by atoms with E-state index < -0.39 is 5.91 Å². The van der Waals surface area contributed by atoms with Crippen LogP contribution in [0, 0.1) is 17.2 Å². The molecule has 1 amide bonds. The summed E-state index contributed by atoms with van der Waals surface area (Å²) in [7, 11) is 3.97. The average Bonchev–Trinajstić information content (AvgIpc) is 3.55. The van der Waals surface area contributed by atoms with E-state index in [4.69, 9.17) is 4.74 Å². The van der Waals surface area contributed by atoms with Crippen LogP contribution in [-0.2, 0) is 11.3 Å². The smallest absolute Gasteiger partial charge is 0.270 e. The van der Waals surface area contributed by atoms with Gasteiger partial charge in [-0.2, -0.15) is 5.26 Å². The van der Waals surface area contributed by atoms with Crippen LogP contribution in [0.1, 0.15) is 19.8 Å². The molecule has 8 nitrogen and oxygen atoms in total. The number of rotatable bonds is 10. The number of nitriles is 1. The molecule has 2 aromatic rings. The Morgan fingerprint density at radius 2 is 2.19 bits per heavy atom. The Hall–Kier alpha value is -3.09. The van der Waals surface area contributed by atoms with E-state index in [-0.39, 0.29) is 11.1 Å². The summed E-state index contributed by atoms with van der Waals surface area (Å²) in [6, 6.07) is 9.47. The highest BCUT2D eigenvalue weighted by Gasteiger charge is 2.23. The van der Waals surface area contributed by atoms with Crippen LogP contribution in [0.5, 0.6) is 5.75 Å². The largest absolute Gasteiger partial charge is 0.492 e. The van der Waals surface area contributed by atoms with Crippen molar-refractivity contribution in [3.63, 3.8) is 0 Å². The molecular formula is C23H29N5O3S. The van der Waals surface area contributed by atoms with Crippen molar-refractivity contribution in [2.75, 3.05) is 39.1 Å². The summed E-state index contributed by atoms with van der Waals surface area (Å²) >= 11 is 1.14. The Morgan fingerprint density at radius 3 is 2.84 bits per heavy atom.